The summed E-state index contributed by atoms with van der Waals surface area (Å²) in [6.45, 7) is 0. The molecule has 6 nitrogen and oxygen atoms in total. The van der Waals surface area contributed by atoms with Crippen LogP contribution in [0, 0.1) is 0 Å². The number of benzene rings is 2. The van der Waals surface area contributed by atoms with Crippen LogP contribution < -0.4 is 15.0 Å². The number of methoxy groups -OCH3 is 1. The van der Waals surface area contributed by atoms with Crippen molar-refractivity contribution in [3.05, 3.63) is 80.7 Å². The van der Waals surface area contributed by atoms with E-state index in [0.717, 1.165) is 47.1 Å². The Bertz CT molecular complexity index is 1340. The van der Waals surface area contributed by atoms with Gasteiger partial charge in [-0.2, -0.15) is 0 Å². The number of aromatic nitrogens is 1. The molecule has 2 N–H and O–H groups in total. The molecule has 0 aliphatic heterocycles. The van der Waals surface area contributed by atoms with E-state index in [4.69, 9.17) is 16.3 Å². The molecule has 1 saturated carbocycles. The van der Waals surface area contributed by atoms with Crippen molar-refractivity contribution in [2.45, 2.75) is 18.8 Å². The maximum Gasteiger partial charge on any atom is 0.255 e. The van der Waals surface area contributed by atoms with Crippen molar-refractivity contribution < 1.29 is 13.2 Å². The van der Waals surface area contributed by atoms with Gasteiger partial charge in [0.05, 0.1) is 18.4 Å². The van der Waals surface area contributed by atoms with Crippen LogP contribution in [0.2, 0.25) is 5.02 Å². The number of ether oxygens (including phenoxy) is 1. The van der Waals surface area contributed by atoms with E-state index < -0.39 is 10.0 Å². The predicted molar refractivity (Wildman–Crippen MR) is 130 cm³/mol. The minimum atomic E-state index is -3.32. The highest BCUT2D eigenvalue weighted by atomic mass is 35.5. The number of hydrogen-bond acceptors (Lipinski definition) is 4. The molecule has 0 radical (unpaired) electrons. The zero-order valence-corrected chi connectivity index (χ0v) is 19.3. The number of nitrogens with one attached hydrogen (secondary N) is 2. The lowest BCUT2D eigenvalue weighted by atomic mass is 9.96. The first-order valence-electron chi connectivity index (χ1n) is 10.1. The van der Waals surface area contributed by atoms with E-state index in [9.17, 15) is 13.2 Å². The summed E-state index contributed by atoms with van der Waals surface area (Å²) in [4.78, 5) is 15.1. The normalized spacial score (nSPS) is 14.0. The van der Waals surface area contributed by atoms with Crippen LogP contribution >= 0.6 is 11.6 Å². The van der Waals surface area contributed by atoms with E-state index in [2.05, 4.69) is 9.71 Å². The molecule has 1 aliphatic rings. The second kappa shape index (κ2) is 8.84. The molecule has 4 rings (SSSR count). The van der Waals surface area contributed by atoms with E-state index in [1.807, 2.05) is 36.4 Å². The summed E-state index contributed by atoms with van der Waals surface area (Å²) in [5, 5.41) is 0.461. The van der Waals surface area contributed by atoms with Gasteiger partial charge in [0.2, 0.25) is 10.0 Å². The van der Waals surface area contributed by atoms with Gasteiger partial charge in [-0.05, 0) is 65.8 Å². The maximum absolute atomic E-state index is 12.4. The highest BCUT2D eigenvalue weighted by Gasteiger charge is 2.28. The summed E-state index contributed by atoms with van der Waals surface area (Å²) in [5.41, 5.74) is 4.41. The molecule has 2 aromatic carbocycles. The van der Waals surface area contributed by atoms with Crippen molar-refractivity contribution in [3.8, 4) is 16.9 Å². The number of sulfonamides is 1. The van der Waals surface area contributed by atoms with E-state index in [-0.39, 0.29) is 5.56 Å². The Kier molecular flexibility index (Phi) is 6.13. The molecular weight excluding hydrogens is 448 g/mol. The Hall–Kier alpha value is -3.03. The first kappa shape index (κ1) is 22.2. The van der Waals surface area contributed by atoms with Crippen LogP contribution in [-0.4, -0.2) is 26.8 Å². The Morgan fingerprint density at radius 2 is 1.84 bits per heavy atom. The first-order chi connectivity index (χ1) is 15.2. The van der Waals surface area contributed by atoms with Gasteiger partial charge in [-0.1, -0.05) is 35.9 Å². The predicted octanol–water partition coefficient (Wildman–Crippen LogP) is 5.12. The van der Waals surface area contributed by atoms with Crippen molar-refractivity contribution >= 4 is 39.5 Å². The van der Waals surface area contributed by atoms with Gasteiger partial charge in [-0.15, -0.1) is 0 Å². The maximum atomic E-state index is 12.4. The quantitative estimate of drug-likeness (QED) is 0.469. The van der Waals surface area contributed by atoms with Gasteiger partial charge in [0, 0.05) is 23.0 Å². The lowest BCUT2D eigenvalue weighted by Crippen LogP contribution is -2.09. The van der Waals surface area contributed by atoms with Gasteiger partial charge in [0.25, 0.3) is 5.56 Å². The summed E-state index contributed by atoms with van der Waals surface area (Å²) >= 11 is 6.12. The lowest BCUT2D eigenvalue weighted by Gasteiger charge is -2.14. The third-order valence-corrected chi connectivity index (χ3v) is 6.04. The SMILES string of the molecule is COc1c(C=Cc2ccc(NS(C)(=O)=O)cc2)cc(-c2cc(Cl)c[nH]c2=O)cc1C1CC1. The second-order valence-electron chi connectivity index (χ2n) is 7.85. The number of halogens is 1. The highest BCUT2D eigenvalue weighted by molar-refractivity contribution is 7.92. The average Bonchev–Trinajstić information content (AvgIpc) is 3.58. The topological polar surface area (TPSA) is 88.3 Å². The first-order valence-corrected chi connectivity index (χ1v) is 12.4. The Labute approximate surface area is 192 Å². The molecule has 0 bridgehead atoms. The molecule has 0 unspecified atom stereocenters. The number of aromatic amines is 1. The van der Waals surface area contributed by atoms with Crippen molar-refractivity contribution in [1.82, 2.24) is 4.98 Å². The Morgan fingerprint density at radius 1 is 1.12 bits per heavy atom. The summed E-state index contributed by atoms with van der Waals surface area (Å²) < 4.78 is 31.0. The summed E-state index contributed by atoms with van der Waals surface area (Å²) in [6, 6.07) is 12.7. The number of H-pyrrole nitrogens is 1. The van der Waals surface area contributed by atoms with Crippen LogP contribution in [-0.2, 0) is 10.0 Å². The number of rotatable bonds is 7. The molecule has 3 aromatic rings. The molecule has 8 heteroatoms. The van der Waals surface area contributed by atoms with Crippen molar-refractivity contribution in [3.63, 3.8) is 0 Å². The largest absolute Gasteiger partial charge is 0.496 e. The lowest BCUT2D eigenvalue weighted by molar-refractivity contribution is 0.409. The molecule has 32 heavy (non-hydrogen) atoms. The van der Waals surface area contributed by atoms with Gasteiger partial charge in [0.1, 0.15) is 5.75 Å². The summed E-state index contributed by atoms with van der Waals surface area (Å²) in [6.07, 6.45) is 8.62. The van der Waals surface area contributed by atoms with Gasteiger partial charge >= 0.3 is 0 Å². The van der Waals surface area contributed by atoms with Crippen LogP contribution in [0.25, 0.3) is 23.3 Å². The molecule has 0 atom stereocenters. The average molecular weight is 471 g/mol. The van der Waals surface area contributed by atoms with Gasteiger partial charge in [-0.3, -0.25) is 9.52 Å². The molecule has 0 spiro atoms. The van der Waals surface area contributed by atoms with Crippen molar-refractivity contribution in [2.75, 3.05) is 18.1 Å². The Morgan fingerprint density at radius 3 is 2.47 bits per heavy atom. The van der Waals surface area contributed by atoms with Crippen LogP contribution in [0.5, 0.6) is 5.75 Å². The van der Waals surface area contributed by atoms with E-state index in [1.165, 1.54) is 6.20 Å². The molecular formula is C24H23ClN2O4S. The summed E-state index contributed by atoms with van der Waals surface area (Å²) in [7, 11) is -1.67. The van der Waals surface area contributed by atoms with Crippen LogP contribution in [0.3, 0.4) is 0 Å². The summed E-state index contributed by atoms with van der Waals surface area (Å²) in [5.74, 6) is 1.21. The smallest absolute Gasteiger partial charge is 0.255 e. The molecule has 1 heterocycles. The zero-order chi connectivity index (χ0) is 22.9. The third-order valence-electron chi connectivity index (χ3n) is 5.22. The van der Waals surface area contributed by atoms with Gasteiger partial charge in [0.15, 0.2) is 0 Å². The van der Waals surface area contributed by atoms with Crippen LogP contribution in [0.15, 0.2) is 53.5 Å². The Balaban J connectivity index is 1.73. The van der Waals surface area contributed by atoms with Crippen LogP contribution in [0.1, 0.15) is 35.4 Å². The van der Waals surface area contributed by atoms with Crippen molar-refractivity contribution in [1.29, 1.82) is 0 Å². The fourth-order valence-corrected chi connectivity index (χ4v) is 4.35. The van der Waals surface area contributed by atoms with Crippen molar-refractivity contribution in [2.24, 2.45) is 0 Å². The molecule has 1 fully saturated rings. The van der Waals surface area contributed by atoms with E-state index in [1.54, 1.807) is 25.3 Å². The standard InChI is InChI=1S/C24H23ClN2O4S/c1-31-23-17(6-3-15-4-9-20(10-5-15)27-32(2,29)30)11-18(12-21(23)16-7-8-16)22-13-19(25)14-26-24(22)28/h3-6,9-14,16,27H,7-8H2,1-2H3,(H,26,28). The number of hydrogen-bond donors (Lipinski definition) is 2. The van der Waals surface area contributed by atoms with E-state index >= 15 is 0 Å². The molecule has 1 aromatic heterocycles. The number of pyridine rings is 1. The van der Waals surface area contributed by atoms with E-state index in [0.29, 0.717) is 22.2 Å². The molecule has 0 amide bonds. The van der Waals surface area contributed by atoms with Gasteiger partial charge < -0.3 is 9.72 Å². The molecule has 0 saturated heterocycles. The molecule has 166 valence electrons. The fraction of sp³-hybridized carbons (Fsp3) is 0.208. The fourth-order valence-electron chi connectivity index (χ4n) is 3.62. The van der Waals surface area contributed by atoms with Crippen LogP contribution in [0.4, 0.5) is 5.69 Å². The monoisotopic (exact) mass is 470 g/mol. The third kappa shape index (κ3) is 5.23. The second-order valence-corrected chi connectivity index (χ2v) is 10.0. The minimum absolute atomic E-state index is 0.204. The zero-order valence-electron chi connectivity index (χ0n) is 17.7. The molecule has 1 aliphatic carbocycles. The highest BCUT2D eigenvalue weighted by Crippen LogP contribution is 2.47. The van der Waals surface area contributed by atoms with Gasteiger partial charge in [-0.25, -0.2) is 8.42 Å². The number of anilines is 1. The minimum Gasteiger partial charge on any atom is -0.496 e.